The van der Waals surface area contributed by atoms with E-state index in [9.17, 15) is 0 Å². The van der Waals surface area contributed by atoms with E-state index in [-0.39, 0.29) is 0 Å². The second kappa shape index (κ2) is 12.5. The summed E-state index contributed by atoms with van der Waals surface area (Å²) in [5.41, 5.74) is 11.3. The number of benzene rings is 10. The Hall–Kier alpha value is -7.62. The molecule has 12 rings (SSSR count). The van der Waals surface area contributed by atoms with Crippen LogP contribution in [0.5, 0.6) is 0 Å². The Bertz CT molecular complexity index is 3530. The number of hydrogen-bond donors (Lipinski definition) is 0. The lowest BCUT2D eigenvalue weighted by Crippen LogP contribution is -2.10. The number of hydrogen-bond acceptors (Lipinski definition) is 3. The van der Waals surface area contributed by atoms with Crippen molar-refractivity contribution in [1.82, 2.24) is 0 Å². The van der Waals surface area contributed by atoms with Crippen LogP contribution in [0.4, 0.5) is 17.1 Å². The van der Waals surface area contributed by atoms with Crippen molar-refractivity contribution in [3.63, 3.8) is 0 Å². The van der Waals surface area contributed by atoms with Gasteiger partial charge >= 0.3 is 0 Å². The Kier molecular flexibility index (Phi) is 6.93. The maximum Gasteiger partial charge on any atom is 0.143 e. The van der Waals surface area contributed by atoms with Crippen molar-refractivity contribution >= 4 is 93.3 Å². The van der Waals surface area contributed by atoms with Gasteiger partial charge in [0, 0.05) is 32.9 Å². The molecular formula is C54H33NO2. The van der Waals surface area contributed by atoms with Crippen LogP contribution in [0.1, 0.15) is 0 Å². The predicted octanol–water partition coefficient (Wildman–Crippen LogP) is 15.7. The molecule has 0 aliphatic carbocycles. The number of fused-ring (bicyclic) bond motifs is 11. The van der Waals surface area contributed by atoms with Crippen LogP contribution in [0.15, 0.2) is 209 Å². The number of furan rings is 2. The highest BCUT2D eigenvalue weighted by molar-refractivity contribution is 6.20. The summed E-state index contributed by atoms with van der Waals surface area (Å²) >= 11 is 0. The molecule has 3 heteroatoms. The van der Waals surface area contributed by atoms with Gasteiger partial charge in [-0.25, -0.2) is 0 Å². The van der Waals surface area contributed by atoms with E-state index < -0.39 is 0 Å². The first-order chi connectivity index (χ1) is 28.2. The van der Waals surface area contributed by atoms with E-state index in [1.165, 1.54) is 32.7 Å². The first kappa shape index (κ1) is 31.7. The van der Waals surface area contributed by atoms with Crippen LogP contribution in [-0.4, -0.2) is 0 Å². The maximum atomic E-state index is 6.70. The third-order valence-electron chi connectivity index (χ3n) is 11.6. The summed E-state index contributed by atoms with van der Waals surface area (Å²) in [5, 5.41) is 11.7. The molecule has 0 spiro atoms. The maximum absolute atomic E-state index is 6.70. The second-order valence-electron chi connectivity index (χ2n) is 14.8. The Labute approximate surface area is 328 Å². The molecule has 0 amide bonds. The Morgan fingerprint density at radius 2 is 0.965 bits per heavy atom. The zero-order valence-corrected chi connectivity index (χ0v) is 30.8. The Morgan fingerprint density at radius 3 is 1.84 bits per heavy atom. The number of rotatable bonds is 5. The average Bonchev–Trinajstić information content (AvgIpc) is 3.86. The summed E-state index contributed by atoms with van der Waals surface area (Å²) in [6.45, 7) is 0. The summed E-state index contributed by atoms with van der Waals surface area (Å²) in [5.74, 6) is 0. The average molecular weight is 728 g/mol. The minimum Gasteiger partial charge on any atom is -0.456 e. The van der Waals surface area contributed by atoms with Crippen molar-refractivity contribution in [2.24, 2.45) is 0 Å². The van der Waals surface area contributed by atoms with Crippen molar-refractivity contribution in [2.45, 2.75) is 0 Å². The topological polar surface area (TPSA) is 29.5 Å². The molecule has 0 aliphatic rings. The molecule has 0 radical (unpaired) electrons. The van der Waals surface area contributed by atoms with Gasteiger partial charge in [-0.15, -0.1) is 0 Å². The normalized spacial score (nSPS) is 11.9. The molecule has 3 nitrogen and oxygen atoms in total. The third kappa shape index (κ3) is 4.99. The van der Waals surface area contributed by atoms with Crippen molar-refractivity contribution in [3.8, 4) is 22.3 Å². The lowest BCUT2D eigenvalue weighted by Gasteiger charge is -2.27. The monoisotopic (exact) mass is 727 g/mol. The van der Waals surface area contributed by atoms with Gasteiger partial charge in [0.05, 0.1) is 11.1 Å². The van der Waals surface area contributed by atoms with Crippen molar-refractivity contribution in [2.75, 3.05) is 4.90 Å². The smallest absolute Gasteiger partial charge is 0.143 e. The highest BCUT2D eigenvalue weighted by Gasteiger charge is 2.21. The summed E-state index contributed by atoms with van der Waals surface area (Å²) in [6, 6.07) is 71.6. The molecule has 2 heterocycles. The van der Waals surface area contributed by atoms with Gasteiger partial charge in [0.2, 0.25) is 0 Å². The van der Waals surface area contributed by atoms with Gasteiger partial charge in [-0.1, -0.05) is 133 Å². The van der Waals surface area contributed by atoms with Gasteiger partial charge in [0.15, 0.2) is 0 Å². The van der Waals surface area contributed by atoms with Crippen LogP contribution in [0, 0.1) is 0 Å². The van der Waals surface area contributed by atoms with E-state index in [1.807, 2.05) is 12.1 Å². The fraction of sp³-hybridized carbons (Fsp3) is 0. The zero-order chi connectivity index (χ0) is 37.5. The van der Waals surface area contributed by atoms with Crippen LogP contribution < -0.4 is 4.90 Å². The van der Waals surface area contributed by atoms with Crippen molar-refractivity contribution in [1.29, 1.82) is 0 Å². The molecule has 0 unspecified atom stereocenters. The molecule has 0 saturated heterocycles. The van der Waals surface area contributed by atoms with E-state index >= 15 is 0 Å². The minimum atomic E-state index is 0.856. The molecule has 2 aromatic heterocycles. The quantitative estimate of drug-likeness (QED) is 0.165. The number of nitrogens with zero attached hydrogens (tertiary/aromatic N) is 1. The summed E-state index contributed by atoms with van der Waals surface area (Å²) in [4.78, 5) is 2.37. The fourth-order valence-corrected chi connectivity index (χ4v) is 8.96. The lowest BCUT2D eigenvalue weighted by molar-refractivity contribution is 0.669. The molecule has 57 heavy (non-hydrogen) atoms. The van der Waals surface area contributed by atoms with Crippen molar-refractivity contribution < 1.29 is 8.83 Å². The molecule has 0 atom stereocenters. The van der Waals surface area contributed by atoms with E-state index in [1.54, 1.807) is 0 Å². The van der Waals surface area contributed by atoms with E-state index in [0.717, 1.165) is 82.8 Å². The van der Waals surface area contributed by atoms with E-state index in [4.69, 9.17) is 8.83 Å². The Balaban J connectivity index is 1.05. The summed E-state index contributed by atoms with van der Waals surface area (Å²) < 4.78 is 13.0. The van der Waals surface area contributed by atoms with Gasteiger partial charge in [-0.3, -0.25) is 0 Å². The standard InChI is InChI=1S/C54H33NO2/c1-4-16-42-34(11-1)25-30-47-53-49(20-10-22-51(53)57-54(42)47)55(40-14-9-13-36(31-40)37-26-29-46-45-19-7-8-21-50(45)56-52(46)33-37)39-27-23-35(24-28-39)48-32-38-12-2-3-15-41(38)43-17-5-6-18-44(43)48/h1-33H. The SMILES string of the molecule is c1cc(-c2ccc3c(c2)oc2ccccc23)cc(N(c2ccc(-c3cc4ccccc4c4ccccc34)cc2)c2cccc3oc4c5ccccc5ccc4c23)c1. The largest absolute Gasteiger partial charge is 0.456 e. The lowest BCUT2D eigenvalue weighted by atomic mass is 9.93. The molecule has 0 fully saturated rings. The number of para-hydroxylation sites is 1. The summed E-state index contributed by atoms with van der Waals surface area (Å²) in [6.07, 6.45) is 0. The molecule has 266 valence electrons. The first-order valence-corrected chi connectivity index (χ1v) is 19.4. The van der Waals surface area contributed by atoms with Crippen LogP contribution >= 0.6 is 0 Å². The van der Waals surface area contributed by atoms with Crippen molar-refractivity contribution in [3.05, 3.63) is 200 Å². The third-order valence-corrected chi connectivity index (χ3v) is 11.6. The van der Waals surface area contributed by atoms with Gasteiger partial charge in [-0.05, 0) is 116 Å². The molecule has 0 bridgehead atoms. The molecule has 0 saturated carbocycles. The Morgan fingerprint density at radius 1 is 0.316 bits per heavy atom. The molecule has 12 aromatic rings. The van der Waals surface area contributed by atoms with Gasteiger partial charge in [0.1, 0.15) is 22.3 Å². The van der Waals surface area contributed by atoms with E-state index in [0.29, 0.717) is 0 Å². The van der Waals surface area contributed by atoms with Crippen LogP contribution in [-0.2, 0) is 0 Å². The molecule has 0 aliphatic heterocycles. The second-order valence-corrected chi connectivity index (χ2v) is 14.8. The first-order valence-electron chi connectivity index (χ1n) is 19.4. The molecule has 10 aromatic carbocycles. The van der Waals surface area contributed by atoms with E-state index in [2.05, 4.69) is 193 Å². The van der Waals surface area contributed by atoms with Crippen LogP contribution in [0.3, 0.4) is 0 Å². The van der Waals surface area contributed by atoms with Crippen LogP contribution in [0.25, 0.3) is 98.4 Å². The molecular weight excluding hydrogens is 695 g/mol. The van der Waals surface area contributed by atoms with Gasteiger partial charge in [-0.2, -0.15) is 0 Å². The predicted molar refractivity (Wildman–Crippen MR) is 239 cm³/mol. The molecule has 0 N–H and O–H groups in total. The summed E-state index contributed by atoms with van der Waals surface area (Å²) in [7, 11) is 0. The highest BCUT2D eigenvalue weighted by atomic mass is 16.3. The minimum absolute atomic E-state index is 0.856. The fourth-order valence-electron chi connectivity index (χ4n) is 8.96. The van der Waals surface area contributed by atoms with Crippen LogP contribution in [0.2, 0.25) is 0 Å². The number of anilines is 3. The zero-order valence-electron chi connectivity index (χ0n) is 30.8. The van der Waals surface area contributed by atoms with Gasteiger partial charge in [0.25, 0.3) is 0 Å². The highest BCUT2D eigenvalue weighted by Crippen LogP contribution is 2.46. The van der Waals surface area contributed by atoms with Gasteiger partial charge < -0.3 is 13.7 Å².